The van der Waals surface area contributed by atoms with E-state index in [0.717, 1.165) is 12.1 Å². The van der Waals surface area contributed by atoms with E-state index in [1.807, 2.05) is 30.0 Å². The number of aromatic nitrogens is 2. The molecule has 4 rings (SSSR count). The number of amides is 2. The number of para-hydroxylation sites is 1. The van der Waals surface area contributed by atoms with Crippen LogP contribution in [0.3, 0.4) is 0 Å². The summed E-state index contributed by atoms with van der Waals surface area (Å²) >= 11 is 0. The summed E-state index contributed by atoms with van der Waals surface area (Å²) in [7, 11) is 3.19. The van der Waals surface area contributed by atoms with Gasteiger partial charge in [-0.15, -0.1) is 5.10 Å². The van der Waals surface area contributed by atoms with Gasteiger partial charge in [0.2, 0.25) is 5.88 Å². The Balaban J connectivity index is 1.51. The Labute approximate surface area is 168 Å². The van der Waals surface area contributed by atoms with E-state index in [-0.39, 0.29) is 23.7 Å². The lowest BCUT2D eigenvalue weighted by Crippen LogP contribution is -2.35. The van der Waals surface area contributed by atoms with Crippen LogP contribution < -0.4 is 15.0 Å². The van der Waals surface area contributed by atoms with E-state index in [4.69, 9.17) is 4.74 Å². The van der Waals surface area contributed by atoms with Crippen LogP contribution in [-0.2, 0) is 13.5 Å². The van der Waals surface area contributed by atoms with Crippen LogP contribution in [0.15, 0.2) is 54.7 Å². The number of aryl methyl sites for hydroxylation is 1. The Bertz CT molecular complexity index is 1070. The lowest BCUT2D eigenvalue weighted by Gasteiger charge is -2.23. The predicted molar refractivity (Wildman–Crippen MR) is 111 cm³/mol. The molecule has 0 saturated carbocycles. The molecule has 29 heavy (non-hydrogen) atoms. The van der Waals surface area contributed by atoms with Crippen molar-refractivity contribution in [3.8, 4) is 5.88 Å². The number of hydrogen-bond donors (Lipinski definition) is 1. The minimum Gasteiger partial charge on any atom is -0.479 e. The molecule has 1 aliphatic heterocycles. The normalized spacial score (nSPS) is 15.1. The van der Waals surface area contributed by atoms with Gasteiger partial charge in [0.15, 0.2) is 0 Å². The fraction of sp³-hybridized carbons (Fsp3) is 0.227. The van der Waals surface area contributed by atoms with E-state index in [2.05, 4.69) is 16.5 Å². The first-order chi connectivity index (χ1) is 14.0. The van der Waals surface area contributed by atoms with E-state index >= 15 is 0 Å². The van der Waals surface area contributed by atoms with Gasteiger partial charge in [-0.25, -0.2) is 0 Å². The number of rotatable bonds is 4. The average molecular weight is 390 g/mol. The highest BCUT2D eigenvalue weighted by atomic mass is 16.5. The Kier molecular flexibility index (Phi) is 4.80. The molecule has 0 radical (unpaired) electrons. The maximum atomic E-state index is 13.1. The second-order valence-electron chi connectivity index (χ2n) is 7.11. The van der Waals surface area contributed by atoms with Crippen LogP contribution in [0.1, 0.15) is 33.2 Å². The van der Waals surface area contributed by atoms with Gasteiger partial charge in [-0.2, -0.15) is 0 Å². The molecule has 1 atom stereocenters. The number of ether oxygens (including phenoxy) is 1. The third kappa shape index (κ3) is 3.47. The molecule has 3 aromatic rings. The summed E-state index contributed by atoms with van der Waals surface area (Å²) < 4.78 is 6.65. The number of hydrogen-bond acceptors (Lipinski definition) is 4. The minimum atomic E-state index is -0.323. The minimum absolute atomic E-state index is 0.0470. The maximum Gasteiger partial charge on any atom is 0.262 e. The van der Waals surface area contributed by atoms with Crippen molar-refractivity contribution in [2.75, 3.05) is 17.3 Å². The van der Waals surface area contributed by atoms with E-state index in [1.165, 1.54) is 17.4 Å². The van der Waals surface area contributed by atoms with Gasteiger partial charge in [-0.3, -0.25) is 14.3 Å². The molecule has 1 aliphatic rings. The quantitative estimate of drug-likeness (QED) is 0.742. The van der Waals surface area contributed by atoms with Crippen molar-refractivity contribution >= 4 is 23.2 Å². The first-order valence-corrected chi connectivity index (χ1v) is 9.38. The lowest BCUT2D eigenvalue weighted by molar-refractivity contribution is 0.0980. The smallest absolute Gasteiger partial charge is 0.262 e. The molecule has 7 heteroatoms. The van der Waals surface area contributed by atoms with Crippen LogP contribution in [-0.4, -0.2) is 34.7 Å². The Hall–Kier alpha value is -3.61. The summed E-state index contributed by atoms with van der Waals surface area (Å²) in [5.41, 5.74) is 3.66. The summed E-state index contributed by atoms with van der Waals surface area (Å²) in [5, 5.41) is 6.89. The molecule has 2 heterocycles. The van der Waals surface area contributed by atoms with E-state index in [9.17, 15) is 9.59 Å². The van der Waals surface area contributed by atoms with Crippen LogP contribution >= 0.6 is 0 Å². The molecule has 2 aromatic carbocycles. The monoisotopic (exact) mass is 390 g/mol. The average Bonchev–Trinajstić information content (AvgIpc) is 3.26. The molecular weight excluding hydrogens is 368 g/mol. The molecule has 0 aliphatic carbocycles. The van der Waals surface area contributed by atoms with E-state index in [1.54, 1.807) is 37.5 Å². The van der Waals surface area contributed by atoms with Crippen LogP contribution in [0.5, 0.6) is 5.88 Å². The first kappa shape index (κ1) is 18.7. The summed E-state index contributed by atoms with van der Waals surface area (Å²) in [6.07, 6.45) is 2.45. The number of nitrogens with one attached hydrogen (secondary N) is 1. The zero-order valence-electron chi connectivity index (χ0n) is 16.5. The molecule has 0 bridgehead atoms. The van der Waals surface area contributed by atoms with Crippen LogP contribution in [0.25, 0.3) is 0 Å². The molecule has 0 spiro atoms. The Morgan fingerprint density at radius 2 is 1.86 bits per heavy atom. The highest BCUT2D eigenvalue weighted by Crippen LogP contribution is 2.33. The molecule has 148 valence electrons. The fourth-order valence-electron chi connectivity index (χ4n) is 3.68. The van der Waals surface area contributed by atoms with Gasteiger partial charge < -0.3 is 15.0 Å². The summed E-state index contributed by atoms with van der Waals surface area (Å²) in [6, 6.07) is 15.0. The maximum absolute atomic E-state index is 13.1. The van der Waals surface area contributed by atoms with Gasteiger partial charge in [0.25, 0.3) is 11.8 Å². The van der Waals surface area contributed by atoms with Crippen molar-refractivity contribution in [3.05, 3.63) is 71.4 Å². The number of carbonyl (C=O) groups excluding carboxylic acids is 2. The van der Waals surface area contributed by atoms with Crippen LogP contribution in [0.4, 0.5) is 11.4 Å². The zero-order chi connectivity index (χ0) is 20.5. The molecular formula is C22H22N4O3. The summed E-state index contributed by atoms with van der Waals surface area (Å²) in [6.45, 7) is 2.05. The van der Waals surface area contributed by atoms with Crippen molar-refractivity contribution in [1.82, 2.24) is 9.78 Å². The lowest BCUT2D eigenvalue weighted by atomic mass is 10.1. The second kappa shape index (κ2) is 7.43. The Morgan fingerprint density at radius 3 is 2.59 bits per heavy atom. The Morgan fingerprint density at radius 1 is 1.14 bits per heavy atom. The van der Waals surface area contributed by atoms with Crippen LogP contribution in [0, 0.1) is 0 Å². The van der Waals surface area contributed by atoms with Gasteiger partial charge in [-0.1, -0.05) is 18.2 Å². The number of anilines is 2. The highest BCUT2D eigenvalue weighted by Gasteiger charge is 2.31. The highest BCUT2D eigenvalue weighted by molar-refractivity contribution is 6.09. The number of nitrogens with zero attached hydrogens (tertiary/aromatic N) is 3. The first-order valence-electron chi connectivity index (χ1n) is 9.38. The van der Waals surface area contributed by atoms with Gasteiger partial charge in [0.1, 0.15) is 5.56 Å². The summed E-state index contributed by atoms with van der Waals surface area (Å²) in [5.74, 6) is -0.108. The van der Waals surface area contributed by atoms with E-state index < -0.39 is 0 Å². The molecule has 1 N–H and O–H groups in total. The third-order valence-electron chi connectivity index (χ3n) is 5.05. The van der Waals surface area contributed by atoms with Gasteiger partial charge in [-0.05, 0) is 49.2 Å². The molecule has 0 unspecified atom stereocenters. The number of fused-ring (bicyclic) bond motifs is 1. The molecule has 1 aromatic heterocycles. The SMILES string of the molecule is COc1nn(C)cc1C(=O)Nc1ccc(C(=O)N2c3ccccc3C[C@@H]2C)cc1. The zero-order valence-corrected chi connectivity index (χ0v) is 16.5. The van der Waals surface area contributed by atoms with Crippen molar-refractivity contribution in [1.29, 1.82) is 0 Å². The number of methoxy groups -OCH3 is 1. The largest absolute Gasteiger partial charge is 0.479 e. The van der Waals surface area contributed by atoms with Gasteiger partial charge >= 0.3 is 0 Å². The number of carbonyl (C=O) groups is 2. The molecule has 0 fully saturated rings. The predicted octanol–water partition coefficient (Wildman–Crippen LogP) is 3.27. The van der Waals surface area contributed by atoms with Crippen molar-refractivity contribution in [2.24, 2.45) is 7.05 Å². The third-order valence-corrected chi connectivity index (χ3v) is 5.05. The summed E-state index contributed by atoms with van der Waals surface area (Å²) in [4.78, 5) is 27.4. The van der Waals surface area contributed by atoms with Crippen LogP contribution in [0.2, 0.25) is 0 Å². The van der Waals surface area contributed by atoms with Gasteiger partial charge in [0.05, 0.1) is 7.11 Å². The fourth-order valence-corrected chi connectivity index (χ4v) is 3.68. The van der Waals surface area contributed by atoms with E-state index in [0.29, 0.717) is 16.8 Å². The molecule has 0 saturated heterocycles. The van der Waals surface area contributed by atoms with Crippen molar-refractivity contribution in [3.63, 3.8) is 0 Å². The van der Waals surface area contributed by atoms with Crippen molar-refractivity contribution < 1.29 is 14.3 Å². The standard InChI is InChI=1S/C22H22N4O3/c1-14-12-16-6-4-5-7-19(16)26(14)22(28)15-8-10-17(11-9-15)23-20(27)18-13-25(2)24-21(18)29-3/h4-11,13-14H,12H2,1-3H3,(H,23,27)/t14-/m0/s1. The van der Waals surface area contributed by atoms with Crippen molar-refractivity contribution in [2.45, 2.75) is 19.4 Å². The van der Waals surface area contributed by atoms with Gasteiger partial charge in [0, 0.05) is 36.2 Å². The molecule has 7 nitrogen and oxygen atoms in total. The molecule has 2 amide bonds. The number of benzene rings is 2. The second-order valence-corrected chi connectivity index (χ2v) is 7.11. The topological polar surface area (TPSA) is 76.5 Å².